The molecule has 0 saturated carbocycles. The number of hydrogen-bond acceptors (Lipinski definition) is 4. The van der Waals surface area contributed by atoms with Gasteiger partial charge in [-0.2, -0.15) is 0 Å². The molecule has 2 unspecified atom stereocenters. The van der Waals surface area contributed by atoms with Gasteiger partial charge >= 0.3 is 0 Å². The molecule has 5 aliphatic rings. The average Bonchev–Trinajstić information content (AvgIpc) is 3.72. The number of hydrogen-bond donors (Lipinski definition) is 1. The summed E-state index contributed by atoms with van der Waals surface area (Å²) in [4.78, 5) is 15.7. The Morgan fingerprint density at radius 3 is 1.67 bits per heavy atom. The number of aliphatic imine (C=N–C) groups is 3. The van der Waals surface area contributed by atoms with Crippen molar-refractivity contribution in [2.45, 2.75) is 12.1 Å². The van der Waals surface area contributed by atoms with Crippen LogP contribution in [-0.2, 0) is 0 Å². The maximum absolute atomic E-state index is 5.35. The highest BCUT2D eigenvalue weighted by atomic mass is 15.0. The third kappa shape index (κ3) is 2.97. The Morgan fingerprint density at radius 1 is 0.462 bits per heavy atom. The summed E-state index contributed by atoms with van der Waals surface area (Å²) in [7, 11) is 0. The van der Waals surface area contributed by atoms with E-state index in [0.717, 1.165) is 56.5 Å². The van der Waals surface area contributed by atoms with Crippen LogP contribution in [0.2, 0.25) is 0 Å². The van der Waals surface area contributed by atoms with Gasteiger partial charge in [0.25, 0.3) is 0 Å². The molecule has 0 saturated heterocycles. The van der Waals surface area contributed by atoms with E-state index in [4.69, 9.17) is 15.0 Å². The first-order valence-corrected chi connectivity index (χ1v) is 13.4. The Bertz CT molecular complexity index is 1950. The van der Waals surface area contributed by atoms with Crippen molar-refractivity contribution in [3.63, 3.8) is 0 Å². The van der Waals surface area contributed by atoms with E-state index >= 15 is 0 Å². The molecule has 4 heteroatoms. The SMILES string of the molecule is C1=C2N=C(/C=C3\NC(c4ccccc43)C3N=C(/C=C4N=C/1c1ccccc1\4)c1ccccc13)c1ccccc1\2. The molecule has 39 heavy (non-hydrogen) atoms. The van der Waals surface area contributed by atoms with Crippen molar-refractivity contribution < 1.29 is 0 Å². The van der Waals surface area contributed by atoms with Crippen LogP contribution >= 0.6 is 0 Å². The van der Waals surface area contributed by atoms with E-state index in [1.807, 2.05) is 0 Å². The van der Waals surface area contributed by atoms with Crippen molar-refractivity contribution >= 4 is 34.2 Å². The monoisotopic (exact) mass is 498 g/mol. The molecular formula is C35H22N4. The number of nitrogens with one attached hydrogen (secondary N) is 1. The van der Waals surface area contributed by atoms with Crippen LogP contribution in [0.4, 0.5) is 0 Å². The molecule has 9 rings (SSSR count). The van der Waals surface area contributed by atoms with Gasteiger partial charge in [0.1, 0.15) is 6.04 Å². The molecule has 0 amide bonds. The number of fused-ring (bicyclic) bond motifs is 18. The zero-order valence-corrected chi connectivity index (χ0v) is 21.0. The highest BCUT2D eigenvalue weighted by Crippen LogP contribution is 2.46. The minimum absolute atomic E-state index is 0.0248. The fourth-order valence-electron chi connectivity index (χ4n) is 6.55. The van der Waals surface area contributed by atoms with Crippen molar-refractivity contribution in [3.05, 3.63) is 160 Å². The predicted molar refractivity (Wildman–Crippen MR) is 158 cm³/mol. The molecular weight excluding hydrogens is 476 g/mol. The molecule has 4 aromatic carbocycles. The third-order valence-corrected chi connectivity index (χ3v) is 8.31. The molecule has 0 radical (unpaired) electrons. The quantitative estimate of drug-likeness (QED) is 0.281. The standard InChI is InChI=1S/C35H22N4/c1-3-11-22-20(9-1)28-17-29-21-10-2-4-12-23(21)31(37-29)19-33-25-14-6-8-16-27(25)35(39-33)34-26-15-7-5-13-24(26)32(38-34)18-30(22)36-28/h1-19,34-35,38H/b28-17-,31-19-,32-18-. The molecule has 5 aliphatic heterocycles. The Labute approximate surface area is 226 Å². The second-order valence-corrected chi connectivity index (χ2v) is 10.5. The zero-order valence-electron chi connectivity index (χ0n) is 21.0. The van der Waals surface area contributed by atoms with Crippen LogP contribution in [0.1, 0.15) is 56.6 Å². The van der Waals surface area contributed by atoms with Crippen molar-refractivity contribution in [2.75, 3.05) is 0 Å². The number of nitrogens with zero attached hydrogens (tertiary/aromatic N) is 3. The molecule has 182 valence electrons. The molecule has 5 heterocycles. The summed E-state index contributed by atoms with van der Waals surface area (Å²) < 4.78 is 0. The van der Waals surface area contributed by atoms with Crippen LogP contribution in [0.5, 0.6) is 0 Å². The summed E-state index contributed by atoms with van der Waals surface area (Å²) in [6.07, 6.45) is 6.51. The lowest BCUT2D eigenvalue weighted by molar-refractivity contribution is 0.544. The van der Waals surface area contributed by atoms with Gasteiger partial charge in [-0.15, -0.1) is 0 Å². The van der Waals surface area contributed by atoms with Crippen molar-refractivity contribution in [1.29, 1.82) is 0 Å². The smallest absolute Gasteiger partial charge is 0.101 e. The van der Waals surface area contributed by atoms with E-state index in [9.17, 15) is 0 Å². The maximum atomic E-state index is 5.35. The van der Waals surface area contributed by atoms with Crippen LogP contribution in [0.15, 0.2) is 130 Å². The summed E-state index contributed by atoms with van der Waals surface area (Å²) in [6.45, 7) is 0. The first-order valence-electron chi connectivity index (χ1n) is 13.4. The molecule has 8 bridgehead atoms. The van der Waals surface area contributed by atoms with Crippen LogP contribution in [0, 0.1) is 0 Å². The van der Waals surface area contributed by atoms with E-state index in [1.54, 1.807) is 0 Å². The van der Waals surface area contributed by atoms with Gasteiger partial charge in [-0.1, -0.05) is 97.1 Å². The Morgan fingerprint density at radius 2 is 0.974 bits per heavy atom. The van der Waals surface area contributed by atoms with E-state index in [2.05, 4.69) is 121 Å². The number of rotatable bonds is 0. The van der Waals surface area contributed by atoms with Crippen LogP contribution in [0.25, 0.3) is 17.1 Å². The lowest BCUT2D eigenvalue weighted by Crippen LogP contribution is -2.18. The number of benzene rings is 4. The van der Waals surface area contributed by atoms with Crippen LogP contribution < -0.4 is 5.32 Å². The molecule has 0 fully saturated rings. The van der Waals surface area contributed by atoms with Gasteiger partial charge in [-0.25, -0.2) is 9.98 Å². The first-order chi connectivity index (χ1) is 19.3. The second kappa shape index (κ2) is 7.71. The van der Waals surface area contributed by atoms with E-state index < -0.39 is 0 Å². The van der Waals surface area contributed by atoms with Gasteiger partial charge in [-0.3, -0.25) is 4.99 Å². The molecule has 4 nitrogen and oxygen atoms in total. The highest BCUT2D eigenvalue weighted by molar-refractivity contribution is 6.26. The first kappa shape index (κ1) is 20.9. The maximum Gasteiger partial charge on any atom is 0.101 e. The summed E-state index contributed by atoms with van der Waals surface area (Å²) in [5.74, 6) is 0. The van der Waals surface area contributed by atoms with Gasteiger partial charge in [0.15, 0.2) is 0 Å². The topological polar surface area (TPSA) is 49.1 Å². The van der Waals surface area contributed by atoms with Crippen molar-refractivity contribution in [3.8, 4) is 0 Å². The molecule has 1 N–H and O–H groups in total. The Balaban J connectivity index is 1.35. The van der Waals surface area contributed by atoms with Gasteiger partial charge in [0.2, 0.25) is 0 Å². The lowest BCUT2D eigenvalue weighted by atomic mass is 9.92. The minimum Gasteiger partial charge on any atom is -0.375 e. The third-order valence-electron chi connectivity index (χ3n) is 8.31. The largest absolute Gasteiger partial charge is 0.375 e. The van der Waals surface area contributed by atoms with Crippen LogP contribution in [-0.4, -0.2) is 17.1 Å². The average molecular weight is 499 g/mol. The molecule has 0 aliphatic carbocycles. The summed E-state index contributed by atoms with van der Waals surface area (Å²) in [5.41, 5.74) is 15.3. The Hall–Kier alpha value is -5.09. The Kier molecular flexibility index (Phi) is 4.14. The predicted octanol–water partition coefficient (Wildman–Crippen LogP) is 6.92. The normalized spacial score (nSPS) is 24.9. The lowest BCUT2D eigenvalue weighted by Gasteiger charge is -2.19. The summed E-state index contributed by atoms with van der Waals surface area (Å²) in [6, 6.07) is 34.2. The van der Waals surface area contributed by atoms with E-state index in [0.29, 0.717) is 0 Å². The fourth-order valence-corrected chi connectivity index (χ4v) is 6.55. The highest BCUT2D eigenvalue weighted by Gasteiger charge is 2.38. The second-order valence-electron chi connectivity index (χ2n) is 10.5. The van der Waals surface area contributed by atoms with Crippen LogP contribution in [0.3, 0.4) is 0 Å². The fraction of sp³-hybridized carbons (Fsp3) is 0.0571. The molecule has 0 spiro atoms. The summed E-state index contributed by atoms with van der Waals surface area (Å²) in [5, 5.41) is 3.86. The van der Waals surface area contributed by atoms with Gasteiger partial charge in [-0.05, 0) is 29.4 Å². The van der Waals surface area contributed by atoms with Gasteiger partial charge in [0.05, 0.1) is 34.6 Å². The minimum atomic E-state index is -0.0446. The van der Waals surface area contributed by atoms with Gasteiger partial charge < -0.3 is 5.32 Å². The number of allylic oxidation sites excluding steroid dienone is 3. The van der Waals surface area contributed by atoms with Gasteiger partial charge in [0, 0.05) is 39.1 Å². The summed E-state index contributed by atoms with van der Waals surface area (Å²) >= 11 is 0. The zero-order chi connectivity index (χ0) is 25.5. The van der Waals surface area contributed by atoms with E-state index in [1.165, 1.54) is 22.3 Å². The van der Waals surface area contributed by atoms with E-state index in [-0.39, 0.29) is 12.1 Å². The molecule has 0 aromatic heterocycles. The molecule has 2 atom stereocenters. The van der Waals surface area contributed by atoms with Crippen molar-refractivity contribution in [1.82, 2.24) is 5.32 Å². The molecule has 4 aromatic rings. The van der Waals surface area contributed by atoms with Crippen molar-refractivity contribution in [2.24, 2.45) is 15.0 Å².